The second kappa shape index (κ2) is 4.63. The number of anilines is 1. The molecule has 3 N–H and O–H groups in total. The van der Waals surface area contributed by atoms with Gasteiger partial charge >= 0.3 is 0 Å². The highest BCUT2D eigenvalue weighted by atomic mass is 32.2. The molecule has 0 bridgehead atoms. The molecule has 18 heavy (non-hydrogen) atoms. The van der Waals surface area contributed by atoms with Crippen LogP contribution in [0.4, 0.5) is 5.13 Å². The first kappa shape index (κ1) is 12.9. The summed E-state index contributed by atoms with van der Waals surface area (Å²) in [5, 5.41) is 7.03. The summed E-state index contributed by atoms with van der Waals surface area (Å²) in [4.78, 5) is 3.95. The first-order chi connectivity index (χ1) is 8.38. The lowest BCUT2D eigenvalue weighted by atomic mass is 10.4. The van der Waals surface area contributed by atoms with Gasteiger partial charge in [0.1, 0.15) is 5.76 Å². The molecule has 0 fully saturated rings. The lowest BCUT2D eigenvalue weighted by molar-refractivity contribution is 0.427. The van der Waals surface area contributed by atoms with E-state index < -0.39 is 16.1 Å². The highest BCUT2D eigenvalue weighted by Crippen LogP contribution is 2.20. The van der Waals surface area contributed by atoms with Crippen LogP contribution in [-0.4, -0.2) is 23.6 Å². The monoisotopic (exact) mass is 289 g/mol. The Morgan fingerprint density at radius 2 is 2.22 bits per heavy atom. The van der Waals surface area contributed by atoms with Crippen LogP contribution in [0.3, 0.4) is 0 Å². The molecule has 0 amide bonds. The van der Waals surface area contributed by atoms with Crippen molar-refractivity contribution in [3.63, 3.8) is 0 Å². The van der Waals surface area contributed by atoms with Crippen LogP contribution in [0.1, 0.15) is 24.6 Å². The fourth-order valence-electron chi connectivity index (χ4n) is 1.23. The fraction of sp³-hybridized carbons (Fsp3) is 0.375. The number of sulfonamides is 1. The summed E-state index contributed by atoms with van der Waals surface area (Å²) < 4.78 is 31.3. The molecule has 2 aromatic rings. The van der Waals surface area contributed by atoms with Gasteiger partial charge in [-0.05, 0) is 13.8 Å². The van der Waals surface area contributed by atoms with Crippen molar-refractivity contribution in [2.45, 2.75) is 24.2 Å². The number of nitrogens with two attached hydrogens (primary N) is 1. The zero-order chi connectivity index (χ0) is 13.3. The van der Waals surface area contributed by atoms with Crippen LogP contribution >= 0.6 is 11.3 Å². The van der Waals surface area contributed by atoms with Crippen LogP contribution in [0.25, 0.3) is 0 Å². The summed E-state index contributed by atoms with van der Waals surface area (Å²) >= 11 is 0.791. The summed E-state index contributed by atoms with van der Waals surface area (Å²) in [5.74, 6) is 0.893. The third-order valence-corrected chi connectivity index (χ3v) is 4.65. The van der Waals surface area contributed by atoms with E-state index in [4.69, 9.17) is 10.2 Å². The molecule has 0 aliphatic rings. The molecule has 0 spiro atoms. The van der Waals surface area contributed by atoms with Crippen molar-refractivity contribution in [1.82, 2.24) is 19.9 Å². The van der Waals surface area contributed by atoms with Crippen LogP contribution < -0.4 is 10.5 Å². The third kappa shape index (κ3) is 2.66. The van der Waals surface area contributed by atoms with E-state index in [0.29, 0.717) is 5.76 Å². The van der Waals surface area contributed by atoms with Crippen LogP contribution in [-0.2, 0) is 10.0 Å². The van der Waals surface area contributed by atoms with Crippen molar-refractivity contribution in [2.24, 2.45) is 0 Å². The molecule has 2 rings (SSSR count). The van der Waals surface area contributed by atoms with Gasteiger partial charge in [0.15, 0.2) is 0 Å². The maximum absolute atomic E-state index is 11.9. The Balaban J connectivity index is 2.18. The van der Waals surface area contributed by atoms with E-state index in [9.17, 15) is 8.42 Å². The normalized spacial score (nSPS) is 13.7. The van der Waals surface area contributed by atoms with E-state index in [1.54, 1.807) is 13.8 Å². The van der Waals surface area contributed by atoms with Gasteiger partial charge in [-0.25, -0.2) is 13.4 Å². The van der Waals surface area contributed by atoms with Crippen LogP contribution in [0, 0.1) is 6.92 Å². The van der Waals surface area contributed by atoms with Crippen molar-refractivity contribution in [1.29, 1.82) is 0 Å². The Morgan fingerprint density at radius 3 is 2.72 bits per heavy atom. The first-order valence-electron chi connectivity index (χ1n) is 4.92. The number of aromatic nitrogens is 3. The molecule has 2 heterocycles. The smallest absolute Gasteiger partial charge is 0.270 e. The predicted octanol–water partition coefficient (Wildman–Crippen LogP) is 0.456. The molecule has 2 aromatic heterocycles. The quantitative estimate of drug-likeness (QED) is 0.837. The fourth-order valence-corrected chi connectivity index (χ4v) is 3.23. The highest BCUT2D eigenvalue weighted by molar-refractivity contribution is 7.91. The number of nitrogen functional groups attached to an aromatic ring is 1. The van der Waals surface area contributed by atoms with E-state index >= 15 is 0 Å². The van der Waals surface area contributed by atoms with E-state index in [1.165, 1.54) is 6.20 Å². The van der Waals surface area contributed by atoms with E-state index in [2.05, 4.69) is 19.9 Å². The van der Waals surface area contributed by atoms with Crippen molar-refractivity contribution >= 4 is 26.5 Å². The van der Waals surface area contributed by atoms with Gasteiger partial charge in [-0.1, -0.05) is 11.3 Å². The van der Waals surface area contributed by atoms with Gasteiger partial charge in [-0.15, -0.1) is 10.2 Å². The van der Waals surface area contributed by atoms with E-state index in [0.717, 1.165) is 11.3 Å². The third-order valence-electron chi connectivity index (χ3n) is 1.99. The molecule has 1 unspecified atom stereocenters. The van der Waals surface area contributed by atoms with E-state index in [1.807, 2.05) is 0 Å². The molecule has 0 aliphatic carbocycles. The van der Waals surface area contributed by atoms with Crippen molar-refractivity contribution in [3.05, 3.63) is 17.8 Å². The molecule has 0 saturated heterocycles. The van der Waals surface area contributed by atoms with Gasteiger partial charge in [-0.3, -0.25) is 0 Å². The number of hydrogen-bond donors (Lipinski definition) is 2. The van der Waals surface area contributed by atoms with E-state index in [-0.39, 0.29) is 15.4 Å². The molecular formula is C8H11N5O3S2. The van der Waals surface area contributed by atoms with Crippen LogP contribution in [0.2, 0.25) is 0 Å². The molecule has 0 aliphatic heterocycles. The second-order valence-corrected chi connectivity index (χ2v) is 6.46. The minimum absolute atomic E-state index is 0.0926. The molecule has 0 radical (unpaired) electrons. The van der Waals surface area contributed by atoms with Gasteiger partial charge in [0.2, 0.25) is 15.4 Å². The number of aryl methyl sites for hydroxylation is 1. The number of nitrogens with zero attached hydrogens (tertiary/aromatic N) is 3. The Kier molecular flexibility index (Phi) is 3.32. The summed E-state index contributed by atoms with van der Waals surface area (Å²) in [6.45, 7) is 3.34. The second-order valence-electron chi connectivity index (χ2n) is 3.56. The minimum atomic E-state index is -3.76. The predicted molar refractivity (Wildman–Crippen MR) is 64.3 cm³/mol. The molecule has 0 aromatic carbocycles. The minimum Gasteiger partial charge on any atom is -0.444 e. The van der Waals surface area contributed by atoms with Gasteiger partial charge in [0.25, 0.3) is 10.0 Å². The highest BCUT2D eigenvalue weighted by Gasteiger charge is 2.24. The lowest BCUT2D eigenvalue weighted by Gasteiger charge is -2.08. The van der Waals surface area contributed by atoms with Gasteiger partial charge < -0.3 is 10.2 Å². The Morgan fingerprint density at radius 1 is 1.50 bits per heavy atom. The van der Waals surface area contributed by atoms with Crippen molar-refractivity contribution in [2.75, 3.05) is 5.73 Å². The Hall–Kier alpha value is -1.52. The lowest BCUT2D eigenvalue weighted by Crippen LogP contribution is -2.27. The Bertz CT molecular complexity index is 647. The number of oxazole rings is 1. The summed E-state index contributed by atoms with van der Waals surface area (Å²) in [6, 6.07) is -0.603. The SMILES string of the molecule is Cc1cnc(C(C)NS(=O)(=O)c2nnc(N)s2)o1. The Labute approximate surface area is 107 Å². The van der Waals surface area contributed by atoms with Gasteiger partial charge in [0, 0.05) is 0 Å². The molecule has 1 atom stereocenters. The summed E-state index contributed by atoms with van der Waals surface area (Å²) in [7, 11) is -3.76. The zero-order valence-electron chi connectivity index (χ0n) is 9.61. The average Bonchev–Trinajstić information content (AvgIpc) is 2.86. The number of rotatable bonds is 4. The molecular weight excluding hydrogens is 278 g/mol. The standard InChI is InChI=1S/C8H11N5O3S2/c1-4-3-10-6(16-4)5(2)13-18(14,15)8-12-11-7(9)17-8/h3,5,13H,1-2H3,(H2,9,11). The maximum atomic E-state index is 11.9. The maximum Gasteiger partial charge on any atom is 0.270 e. The topological polar surface area (TPSA) is 124 Å². The first-order valence-corrected chi connectivity index (χ1v) is 7.22. The van der Waals surface area contributed by atoms with Crippen LogP contribution in [0.15, 0.2) is 15.0 Å². The van der Waals surface area contributed by atoms with Gasteiger partial charge in [0.05, 0.1) is 12.2 Å². The average molecular weight is 289 g/mol. The zero-order valence-corrected chi connectivity index (χ0v) is 11.2. The molecule has 8 nitrogen and oxygen atoms in total. The summed E-state index contributed by atoms with van der Waals surface area (Å²) in [5.41, 5.74) is 5.34. The van der Waals surface area contributed by atoms with Gasteiger partial charge in [-0.2, -0.15) is 4.72 Å². The van der Waals surface area contributed by atoms with Crippen molar-refractivity contribution < 1.29 is 12.8 Å². The molecule has 10 heteroatoms. The molecule has 98 valence electrons. The van der Waals surface area contributed by atoms with Crippen molar-refractivity contribution in [3.8, 4) is 0 Å². The van der Waals surface area contributed by atoms with Crippen LogP contribution in [0.5, 0.6) is 0 Å². The molecule has 0 saturated carbocycles. The summed E-state index contributed by atoms with van der Waals surface area (Å²) in [6.07, 6.45) is 1.52. The number of nitrogens with one attached hydrogen (secondary N) is 1. The number of hydrogen-bond acceptors (Lipinski definition) is 8. The largest absolute Gasteiger partial charge is 0.444 e.